The number of rotatable bonds is 2. The highest BCUT2D eigenvalue weighted by molar-refractivity contribution is 7.93. The zero-order chi connectivity index (χ0) is 19.7. The van der Waals surface area contributed by atoms with Gasteiger partial charge in [-0.1, -0.05) is 0 Å². The Morgan fingerprint density at radius 1 is 1.37 bits per heavy atom. The molecule has 0 aliphatic carbocycles. The molecule has 1 amide bonds. The number of aryl methyl sites for hydroxylation is 1. The average molecular weight is 395 g/mol. The molecule has 0 atom stereocenters. The fourth-order valence-corrected chi connectivity index (χ4v) is 5.95. The second kappa shape index (κ2) is 7.55. The molecule has 27 heavy (non-hydrogen) atoms. The number of methoxy groups -OCH3 is 1. The van der Waals surface area contributed by atoms with E-state index >= 15 is 0 Å². The van der Waals surface area contributed by atoms with E-state index in [1.54, 1.807) is 12.3 Å². The van der Waals surface area contributed by atoms with E-state index in [1.165, 1.54) is 14.0 Å². The number of hydrogen-bond donors (Lipinski definition) is 0. The van der Waals surface area contributed by atoms with Crippen LogP contribution >= 0.6 is 0 Å². The van der Waals surface area contributed by atoms with Crippen molar-refractivity contribution in [1.82, 2.24) is 4.98 Å². The molecule has 2 fully saturated rings. The van der Waals surface area contributed by atoms with Crippen molar-refractivity contribution >= 4 is 27.4 Å². The van der Waals surface area contributed by atoms with Crippen molar-refractivity contribution in [2.75, 3.05) is 43.2 Å². The topological polar surface area (TPSA) is 98.2 Å². The molecule has 8 nitrogen and oxygen atoms in total. The maximum atomic E-state index is 12.7. The van der Waals surface area contributed by atoms with Crippen LogP contribution < -0.4 is 4.90 Å². The van der Waals surface area contributed by atoms with Crippen molar-refractivity contribution in [3.63, 3.8) is 0 Å². The zero-order valence-electron chi connectivity index (χ0n) is 15.9. The lowest BCUT2D eigenvalue weighted by Crippen LogP contribution is -2.55. The Bertz CT molecular complexity index is 862. The Morgan fingerprint density at radius 2 is 2.07 bits per heavy atom. The Labute approximate surface area is 159 Å². The number of nitrogens with zero attached hydrogens (tertiary/aromatic N) is 3. The Balaban J connectivity index is 1.85. The molecule has 0 saturated carbocycles. The first-order chi connectivity index (χ1) is 12.8. The maximum absolute atomic E-state index is 12.7. The van der Waals surface area contributed by atoms with Gasteiger partial charge in [0.25, 0.3) is 5.91 Å². The van der Waals surface area contributed by atoms with Crippen molar-refractivity contribution in [3.05, 3.63) is 23.4 Å². The summed E-state index contributed by atoms with van der Waals surface area (Å²) in [4.78, 5) is 30.0. The molecule has 0 aromatic carbocycles. The summed E-state index contributed by atoms with van der Waals surface area (Å²) in [6, 6.07) is 1.78. The SMILES string of the molecule is COC(=O)c1c(C)ccnc1N1CCOC2(CCS(=O)(=NC(C)=O)CC2)C1. The fourth-order valence-electron chi connectivity index (χ4n) is 3.71. The Morgan fingerprint density at radius 3 is 2.70 bits per heavy atom. The summed E-state index contributed by atoms with van der Waals surface area (Å²) in [5, 5.41) is 0. The van der Waals surface area contributed by atoms with Gasteiger partial charge in [0.05, 0.1) is 29.0 Å². The molecule has 0 bridgehead atoms. The summed E-state index contributed by atoms with van der Waals surface area (Å²) in [6.07, 6.45) is 2.79. The van der Waals surface area contributed by atoms with E-state index in [-0.39, 0.29) is 0 Å². The van der Waals surface area contributed by atoms with Crippen molar-refractivity contribution in [2.45, 2.75) is 32.3 Å². The summed E-state index contributed by atoms with van der Waals surface area (Å²) in [5.74, 6) is 0.456. The van der Waals surface area contributed by atoms with Gasteiger partial charge < -0.3 is 14.4 Å². The normalized spacial score (nSPS) is 28.0. The third-order valence-electron chi connectivity index (χ3n) is 5.13. The summed E-state index contributed by atoms with van der Waals surface area (Å²) < 4.78 is 27.5. The molecule has 1 spiro atoms. The van der Waals surface area contributed by atoms with Crippen LogP contribution in [-0.4, -0.2) is 65.0 Å². The number of carbonyl (C=O) groups is 2. The quantitative estimate of drug-likeness (QED) is 0.701. The average Bonchev–Trinajstić information content (AvgIpc) is 2.63. The van der Waals surface area contributed by atoms with E-state index in [0.717, 1.165) is 5.56 Å². The zero-order valence-corrected chi connectivity index (χ0v) is 16.7. The van der Waals surface area contributed by atoms with Crippen LogP contribution in [0.15, 0.2) is 16.6 Å². The molecule has 2 saturated heterocycles. The van der Waals surface area contributed by atoms with Gasteiger partial charge >= 0.3 is 5.97 Å². The largest absolute Gasteiger partial charge is 0.465 e. The number of esters is 1. The monoisotopic (exact) mass is 395 g/mol. The molecule has 1 aromatic rings. The van der Waals surface area contributed by atoms with E-state index in [0.29, 0.717) is 55.4 Å². The first-order valence-electron chi connectivity index (χ1n) is 8.93. The van der Waals surface area contributed by atoms with Crippen LogP contribution in [0.2, 0.25) is 0 Å². The molecular formula is C18H25N3O5S. The molecule has 1 aromatic heterocycles. The highest BCUT2D eigenvalue weighted by Gasteiger charge is 2.42. The number of hydrogen-bond acceptors (Lipinski definition) is 7. The number of anilines is 1. The molecule has 2 aliphatic heterocycles. The van der Waals surface area contributed by atoms with Gasteiger partial charge in [-0.15, -0.1) is 0 Å². The minimum Gasteiger partial charge on any atom is -0.465 e. The van der Waals surface area contributed by atoms with Gasteiger partial charge in [0.15, 0.2) is 0 Å². The van der Waals surface area contributed by atoms with Crippen LogP contribution in [0.3, 0.4) is 0 Å². The molecule has 0 radical (unpaired) electrons. The molecule has 0 N–H and O–H groups in total. The fraction of sp³-hybridized carbons (Fsp3) is 0.611. The number of morpholine rings is 1. The lowest BCUT2D eigenvalue weighted by molar-refractivity contribution is -0.115. The van der Waals surface area contributed by atoms with Crippen molar-refractivity contribution in [3.8, 4) is 0 Å². The van der Waals surface area contributed by atoms with Gasteiger partial charge in [0, 0.05) is 37.7 Å². The number of pyridine rings is 1. The third-order valence-corrected chi connectivity index (χ3v) is 7.40. The van der Waals surface area contributed by atoms with E-state index < -0.39 is 27.2 Å². The second-order valence-corrected chi connectivity index (χ2v) is 9.61. The van der Waals surface area contributed by atoms with E-state index in [1.807, 2.05) is 11.8 Å². The summed E-state index contributed by atoms with van der Waals surface area (Å²) in [5.41, 5.74) is 0.798. The smallest absolute Gasteiger partial charge is 0.341 e. The van der Waals surface area contributed by atoms with Gasteiger partial charge in [-0.25, -0.2) is 14.0 Å². The molecule has 3 heterocycles. The molecule has 148 valence electrons. The number of amides is 1. The molecule has 3 rings (SSSR count). The highest BCUT2D eigenvalue weighted by atomic mass is 32.2. The first-order valence-corrected chi connectivity index (χ1v) is 10.8. The van der Waals surface area contributed by atoms with Crippen LogP contribution in [0.1, 0.15) is 35.7 Å². The molecule has 2 aliphatic rings. The predicted molar refractivity (Wildman–Crippen MR) is 101 cm³/mol. The Hall–Kier alpha value is -2.00. The van der Waals surface area contributed by atoms with Crippen LogP contribution in [-0.2, 0) is 24.0 Å². The lowest BCUT2D eigenvalue weighted by atomic mass is 9.94. The van der Waals surface area contributed by atoms with Crippen LogP contribution in [0, 0.1) is 6.92 Å². The molecular weight excluding hydrogens is 370 g/mol. The van der Waals surface area contributed by atoms with Gasteiger partial charge in [-0.05, 0) is 31.4 Å². The predicted octanol–water partition coefficient (Wildman–Crippen LogP) is 1.56. The van der Waals surface area contributed by atoms with Crippen LogP contribution in [0.25, 0.3) is 0 Å². The summed E-state index contributed by atoms with van der Waals surface area (Å²) >= 11 is 0. The highest BCUT2D eigenvalue weighted by Crippen LogP contribution is 2.34. The van der Waals surface area contributed by atoms with Crippen LogP contribution in [0.4, 0.5) is 5.82 Å². The standard InChI is InChI=1S/C18H25N3O5S/c1-13-4-7-19-16(15(13)17(23)25-3)21-8-9-26-18(12-21)5-10-27(24,11-6-18)20-14(2)22/h4,7H,5-6,8-12H2,1-3H3. The van der Waals surface area contributed by atoms with Crippen molar-refractivity contribution in [1.29, 1.82) is 0 Å². The van der Waals surface area contributed by atoms with Crippen molar-refractivity contribution in [2.24, 2.45) is 4.36 Å². The third kappa shape index (κ3) is 4.14. The molecule has 9 heteroatoms. The van der Waals surface area contributed by atoms with E-state index in [9.17, 15) is 13.8 Å². The van der Waals surface area contributed by atoms with E-state index in [4.69, 9.17) is 9.47 Å². The number of ether oxygens (including phenoxy) is 2. The maximum Gasteiger partial charge on any atom is 0.341 e. The minimum absolute atomic E-state index is 0.339. The Kier molecular flexibility index (Phi) is 5.53. The van der Waals surface area contributed by atoms with Gasteiger partial charge in [0.2, 0.25) is 0 Å². The van der Waals surface area contributed by atoms with E-state index in [2.05, 4.69) is 9.35 Å². The van der Waals surface area contributed by atoms with Gasteiger partial charge in [-0.3, -0.25) is 4.79 Å². The number of aromatic nitrogens is 1. The van der Waals surface area contributed by atoms with Crippen molar-refractivity contribution < 1.29 is 23.3 Å². The minimum atomic E-state index is -2.49. The summed E-state index contributed by atoms with van der Waals surface area (Å²) in [7, 11) is -1.14. The molecule has 0 unspecified atom stereocenters. The lowest BCUT2D eigenvalue weighted by Gasteiger charge is -2.46. The van der Waals surface area contributed by atoms with Gasteiger partial charge in [-0.2, -0.15) is 4.36 Å². The van der Waals surface area contributed by atoms with Crippen LogP contribution in [0.5, 0.6) is 0 Å². The second-order valence-electron chi connectivity index (χ2n) is 7.06. The number of carbonyl (C=O) groups excluding carboxylic acids is 2. The first kappa shape index (κ1) is 19.8. The van der Waals surface area contributed by atoms with Gasteiger partial charge in [0.1, 0.15) is 11.4 Å². The summed E-state index contributed by atoms with van der Waals surface area (Å²) in [6.45, 7) is 4.82.